The van der Waals surface area contributed by atoms with Crippen LogP contribution >= 0.6 is 11.6 Å². The molecule has 0 aliphatic rings. The summed E-state index contributed by atoms with van der Waals surface area (Å²) in [5.41, 5.74) is 2.73. The molecule has 0 nitrogen and oxygen atoms in total. The van der Waals surface area contributed by atoms with Crippen LogP contribution in [0, 0.1) is 6.92 Å². The average Bonchev–Trinajstić information content (AvgIpc) is 2.35. The lowest BCUT2D eigenvalue weighted by Gasteiger charge is -2.14. The molecule has 1 aromatic carbocycles. The molecule has 0 aliphatic carbocycles. The van der Waals surface area contributed by atoms with Crippen molar-refractivity contribution >= 4 is 11.6 Å². The van der Waals surface area contributed by atoms with E-state index in [4.69, 9.17) is 11.6 Å². The van der Waals surface area contributed by atoms with E-state index in [0.29, 0.717) is 5.92 Å². The van der Waals surface area contributed by atoms with Gasteiger partial charge in [0.2, 0.25) is 0 Å². The second-order valence-electron chi connectivity index (χ2n) is 4.96. The maximum Gasteiger partial charge on any atom is 0.0292 e. The molecule has 0 bridgehead atoms. The van der Waals surface area contributed by atoms with Gasteiger partial charge in [-0.15, -0.1) is 11.6 Å². The summed E-state index contributed by atoms with van der Waals surface area (Å²) in [5.74, 6) is 1.29. The minimum absolute atomic E-state index is 0.541. The van der Waals surface area contributed by atoms with Crippen LogP contribution in [0.3, 0.4) is 0 Å². The summed E-state index contributed by atoms with van der Waals surface area (Å²) in [5, 5.41) is 0. The fraction of sp³-hybridized carbons (Fsp3) is 0.625. The molecule has 0 aromatic heterocycles. The predicted molar refractivity (Wildman–Crippen MR) is 78.0 cm³/mol. The van der Waals surface area contributed by atoms with Gasteiger partial charge >= 0.3 is 0 Å². The molecule has 0 saturated carbocycles. The van der Waals surface area contributed by atoms with Gasteiger partial charge in [-0.2, -0.15) is 0 Å². The van der Waals surface area contributed by atoms with Crippen molar-refractivity contribution in [2.24, 2.45) is 0 Å². The van der Waals surface area contributed by atoms with E-state index in [2.05, 4.69) is 38.1 Å². The third-order valence-electron chi connectivity index (χ3n) is 3.39. The first-order valence-corrected chi connectivity index (χ1v) is 7.44. The number of halogens is 1. The van der Waals surface area contributed by atoms with Gasteiger partial charge in [-0.3, -0.25) is 0 Å². The van der Waals surface area contributed by atoms with E-state index >= 15 is 0 Å². The molecule has 17 heavy (non-hydrogen) atoms. The number of aryl methyl sites for hydroxylation is 1. The summed E-state index contributed by atoms with van der Waals surface area (Å²) >= 11 is 6.08. The van der Waals surface area contributed by atoms with Crippen molar-refractivity contribution in [1.82, 2.24) is 0 Å². The molecule has 0 spiro atoms. The fourth-order valence-corrected chi connectivity index (χ4v) is 2.50. The van der Waals surface area contributed by atoms with E-state index in [1.54, 1.807) is 0 Å². The normalized spacial score (nSPS) is 12.6. The van der Waals surface area contributed by atoms with Gasteiger partial charge in [0.15, 0.2) is 0 Å². The predicted octanol–water partition coefficient (Wildman–Crippen LogP) is 5.68. The molecule has 1 atom stereocenters. The van der Waals surface area contributed by atoms with Gasteiger partial charge in [-0.25, -0.2) is 0 Å². The molecule has 0 fully saturated rings. The fourth-order valence-electron chi connectivity index (χ4n) is 2.17. The molecule has 96 valence electrons. The van der Waals surface area contributed by atoms with E-state index < -0.39 is 0 Å². The topological polar surface area (TPSA) is 0 Å². The molecule has 0 N–H and O–H groups in total. The lowest BCUT2D eigenvalue weighted by molar-refractivity contribution is 0.569. The second kappa shape index (κ2) is 8.58. The molecular formula is C16H25Cl. The largest absolute Gasteiger partial charge is 0.126 e. The monoisotopic (exact) mass is 252 g/mol. The second-order valence-corrected chi connectivity index (χ2v) is 5.27. The first kappa shape index (κ1) is 14.6. The standard InChI is InChI=1S/C16H25Cl/c1-3-4-5-6-7-8-16(13-17)15-11-9-14(2)10-12-15/h9-12,16H,3-8,13H2,1-2H3. The zero-order chi connectivity index (χ0) is 12.5. The van der Waals surface area contributed by atoms with Crippen LogP contribution in [0.2, 0.25) is 0 Å². The van der Waals surface area contributed by atoms with Gasteiger partial charge in [0.05, 0.1) is 0 Å². The number of benzene rings is 1. The number of hydrogen-bond acceptors (Lipinski definition) is 0. The number of alkyl halides is 1. The van der Waals surface area contributed by atoms with Crippen molar-refractivity contribution in [2.45, 2.75) is 58.3 Å². The first-order valence-electron chi connectivity index (χ1n) is 6.90. The van der Waals surface area contributed by atoms with Crippen LogP contribution < -0.4 is 0 Å². The Bertz CT molecular complexity index is 289. The first-order chi connectivity index (χ1) is 8.27. The van der Waals surface area contributed by atoms with Crippen molar-refractivity contribution in [2.75, 3.05) is 5.88 Å². The number of hydrogen-bond donors (Lipinski definition) is 0. The van der Waals surface area contributed by atoms with Crippen molar-refractivity contribution in [1.29, 1.82) is 0 Å². The Morgan fingerprint density at radius 2 is 1.65 bits per heavy atom. The third kappa shape index (κ3) is 5.59. The summed E-state index contributed by atoms with van der Waals surface area (Å²) in [7, 11) is 0. The van der Waals surface area contributed by atoms with Crippen molar-refractivity contribution in [3.63, 3.8) is 0 Å². The van der Waals surface area contributed by atoms with E-state index in [9.17, 15) is 0 Å². The highest BCUT2D eigenvalue weighted by Crippen LogP contribution is 2.24. The highest BCUT2D eigenvalue weighted by molar-refractivity contribution is 6.18. The molecule has 0 heterocycles. The summed E-state index contributed by atoms with van der Waals surface area (Å²) in [6.45, 7) is 4.39. The van der Waals surface area contributed by atoms with Crippen molar-refractivity contribution in [3.8, 4) is 0 Å². The molecule has 0 saturated heterocycles. The Kier molecular flexibility index (Phi) is 7.35. The number of rotatable bonds is 8. The minimum Gasteiger partial charge on any atom is -0.126 e. The molecule has 0 radical (unpaired) electrons. The SMILES string of the molecule is CCCCCCCC(CCl)c1ccc(C)cc1. The van der Waals surface area contributed by atoms with Crippen LogP contribution in [-0.2, 0) is 0 Å². The van der Waals surface area contributed by atoms with Gasteiger partial charge < -0.3 is 0 Å². The lowest BCUT2D eigenvalue weighted by Crippen LogP contribution is -2.00. The lowest BCUT2D eigenvalue weighted by atomic mass is 9.94. The Hall–Kier alpha value is -0.490. The molecule has 1 unspecified atom stereocenters. The summed E-state index contributed by atoms with van der Waals surface area (Å²) in [6, 6.07) is 8.83. The van der Waals surface area contributed by atoms with Crippen LogP contribution in [0.25, 0.3) is 0 Å². The molecule has 1 heteroatoms. The maximum atomic E-state index is 6.08. The summed E-state index contributed by atoms with van der Waals surface area (Å²) in [4.78, 5) is 0. The Balaban J connectivity index is 2.35. The smallest absolute Gasteiger partial charge is 0.0292 e. The molecular weight excluding hydrogens is 228 g/mol. The van der Waals surface area contributed by atoms with Crippen LogP contribution in [0.1, 0.15) is 62.5 Å². The van der Waals surface area contributed by atoms with Gasteiger partial charge in [0.25, 0.3) is 0 Å². The average molecular weight is 253 g/mol. The zero-order valence-corrected chi connectivity index (χ0v) is 12.0. The summed E-state index contributed by atoms with van der Waals surface area (Å²) < 4.78 is 0. The Morgan fingerprint density at radius 1 is 1.00 bits per heavy atom. The highest BCUT2D eigenvalue weighted by Gasteiger charge is 2.09. The Morgan fingerprint density at radius 3 is 2.24 bits per heavy atom. The Labute approximate surface area is 111 Å². The van der Waals surface area contributed by atoms with Crippen LogP contribution in [0.4, 0.5) is 0 Å². The van der Waals surface area contributed by atoms with Crippen LogP contribution in [-0.4, -0.2) is 5.88 Å². The maximum absolute atomic E-state index is 6.08. The van der Waals surface area contributed by atoms with Gasteiger partial charge in [-0.1, -0.05) is 68.9 Å². The van der Waals surface area contributed by atoms with E-state index in [1.807, 2.05) is 0 Å². The van der Waals surface area contributed by atoms with Gasteiger partial charge in [-0.05, 0) is 24.8 Å². The van der Waals surface area contributed by atoms with Crippen molar-refractivity contribution in [3.05, 3.63) is 35.4 Å². The third-order valence-corrected chi connectivity index (χ3v) is 3.76. The highest BCUT2D eigenvalue weighted by atomic mass is 35.5. The molecule has 0 aliphatic heterocycles. The molecule has 1 rings (SSSR count). The quantitative estimate of drug-likeness (QED) is 0.413. The van der Waals surface area contributed by atoms with Crippen LogP contribution in [0.15, 0.2) is 24.3 Å². The molecule has 1 aromatic rings. The van der Waals surface area contributed by atoms with E-state index in [0.717, 1.165) is 5.88 Å². The van der Waals surface area contributed by atoms with Crippen molar-refractivity contribution < 1.29 is 0 Å². The summed E-state index contributed by atoms with van der Waals surface area (Å²) in [6.07, 6.45) is 7.96. The van der Waals surface area contributed by atoms with Gasteiger partial charge in [0, 0.05) is 5.88 Å². The van der Waals surface area contributed by atoms with Gasteiger partial charge in [0.1, 0.15) is 0 Å². The van der Waals surface area contributed by atoms with E-state index in [-0.39, 0.29) is 0 Å². The zero-order valence-electron chi connectivity index (χ0n) is 11.2. The number of unbranched alkanes of at least 4 members (excludes halogenated alkanes) is 4. The van der Waals surface area contributed by atoms with E-state index in [1.165, 1.54) is 49.7 Å². The van der Waals surface area contributed by atoms with Crippen LogP contribution in [0.5, 0.6) is 0 Å². The molecule has 0 amide bonds. The minimum atomic E-state index is 0.541.